The molecule has 1 aliphatic heterocycles. The fourth-order valence-electron chi connectivity index (χ4n) is 1.78. The van der Waals surface area contributed by atoms with Crippen molar-refractivity contribution in [3.63, 3.8) is 0 Å². The van der Waals surface area contributed by atoms with Crippen molar-refractivity contribution in [1.82, 2.24) is 4.98 Å². The van der Waals surface area contributed by atoms with Crippen molar-refractivity contribution >= 4 is 13.8 Å². The summed E-state index contributed by atoms with van der Waals surface area (Å²) < 4.78 is 24.7. The number of aliphatic hydroxyl groups excluding tert-OH is 2. The number of carbonyl (C=O) groups is 1. The number of ether oxygens (including phenoxy) is 2. The van der Waals surface area contributed by atoms with Gasteiger partial charge in [0.2, 0.25) is 6.29 Å². The van der Waals surface area contributed by atoms with Crippen LogP contribution in [0.25, 0.3) is 0 Å². The first-order valence-corrected chi connectivity index (χ1v) is 7.63. The Hall–Kier alpha value is 0.246. The number of esters is 1. The maximum Gasteiger partial charge on any atom is 1.00 e. The number of rotatable bonds is 5. The molecular formula is C11H14KNO9P+. The number of phosphoric ester groups is 1. The van der Waals surface area contributed by atoms with E-state index in [1.807, 2.05) is 0 Å². The predicted octanol–water partition coefficient (Wildman–Crippen LogP) is -4.20. The Kier molecular flexibility index (Phi) is 8.41. The van der Waals surface area contributed by atoms with Crippen LogP contribution in [0.1, 0.15) is 10.4 Å². The second kappa shape index (κ2) is 9.09. The van der Waals surface area contributed by atoms with E-state index in [-0.39, 0.29) is 56.9 Å². The zero-order valence-corrected chi connectivity index (χ0v) is 16.1. The van der Waals surface area contributed by atoms with E-state index in [4.69, 9.17) is 19.3 Å². The van der Waals surface area contributed by atoms with Gasteiger partial charge in [0.25, 0.3) is 0 Å². The third kappa shape index (κ3) is 6.23. The van der Waals surface area contributed by atoms with Crippen LogP contribution in [0, 0.1) is 0 Å². The summed E-state index contributed by atoms with van der Waals surface area (Å²) in [5.41, 5.74) is 0.114. The van der Waals surface area contributed by atoms with Crippen molar-refractivity contribution in [2.45, 2.75) is 24.6 Å². The Morgan fingerprint density at radius 3 is 2.61 bits per heavy atom. The van der Waals surface area contributed by atoms with Gasteiger partial charge in [-0.1, -0.05) is 0 Å². The molecule has 0 unspecified atom stereocenters. The number of hydrogen-bond donors (Lipinski definition) is 4. The number of phosphoric acid groups is 1. The standard InChI is InChI=1S/C11H14NO9P.K/c13-8-7(5-19-22(16,17)18)20-11(9(8)14)21-10(15)6-2-1-3-12-4-6;/h1-4,7-9,11,13-14H,5H2,(H2,16,17,18);/q;+1/t7-,8-,9-,11-;/m1./s1. The van der Waals surface area contributed by atoms with Gasteiger partial charge in [-0.05, 0) is 12.1 Å². The van der Waals surface area contributed by atoms with Gasteiger partial charge in [0.1, 0.15) is 18.3 Å². The van der Waals surface area contributed by atoms with Gasteiger partial charge in [0.15, 0.2) is 0 Å². The van der Waals surface area contributed by atoms with Crippen molar-refractivity contribution in [2.75, 3.05) is 6.61 Å². The van der Waals surface area contributed by atoms with Crippen LogP contribution in [0.2, 0.25) is 0 Å². The van der Waals surface area contributed by atoms with Crippen molar-refractivity contribution < 1.29 is 94.7 Å². The van der Waals surface area contributed by atoms with Crippen LogP contribution in [-0.4, -0.2) is 62.2 Å². The topological polar surface area (TPSA) is 156 Å². The Bertz CT molecular complexity index is 568. The molecule has 12 heteroatoms. The zero-order chi connectivity index (χ0) is 16.3. The van der Waals surface area contributed by atoms with E-state index in [1.165, 1.54) is 24.5 Å². The summed E-state index contributed by atoms with van der Waals surface area (Å²) in [4.78, 5) is 32.7. The van der Waals surface area contributed by atoms with E-state index in [0.29, 0.717) is 0 Å². The molecule has 0 amide bonds. The van der Waals surface area contributed by atoms with E-state index in [2.05, 4.69) is 9.51 Å². The van der Waals surface area contributed by atoms with Gasteiger partial charge in [-0.25, -0.2) is 9.36 Å². The van der Waals surface area contributed by atoms with Crippen molar-refractivity contribution in [1.29, 1.82) is 0 Å². The summed E-state index contributed by atoms with van der Waals surface area (Å²) in [6.45, 7) is -0.677. The molecule has 0 aromatic carbocycles. The molecule has 1 saturated heterocycles. The largest absolute Gasteiger partial charge is 1.00 e. The molecule has 122 valence electrons. The Morgan fingerprint density at radius 1 is 1.35 bits per heavy atom. The number of carbonyl (C=O) groups excluding carboxylic acids is 1. The first-order chi connectivity index (χ1) is 10.3. The molecule has 1 aromatic rings. The van der Waals surface area contributed by atoms with E-state index in [0.717, 1.165) is 0 Å². The molecule has 0 bridgehead atoms. The number of nitrogens with zero attached hydrogens (tertiary/aromatic N) is 1. The van der Waals surface area contributed by atoms with Crippen molar-refractivity contribution in [3.05, 3.63) is 30.1 Å². The first-order valence-electron chi connectivity index (χ1n) is 6.10. The van der Waals surface area contributed by atoms with Crippen LogP contribution in [0.15, 0.2) is 24.5 Å². The molecule has 1 fully saturated rings. The van der Waals surface area contributed by atoms with Crippen LogP contribution >= 0.6 is 7.82 Å². The summed E-state index contributed by atoms with van der Waals surface area (Å²) in [7, 11) is -4.75. The number of pyridine rings is 1. The Labute approximate surface area is 173 Å². The molecule has 0 aliphatic carbocycles. The van der Waals surface area contributed by atoms with E-state index in [1.54, 1.807) is 0 Å². The van der Waals surface area contributed by atoms with Gasteiger partial charge in [-0.3, -0.25) is 9.51 Å². The third-order valence-electron chi connectivity index (χ3n) is 2.85. The van der Waals surface area contributed by atoms with Gasteiger partial charge < -0.3 is 29.5 Å². The quantitative estimate of drug-likeness (QED) is 0.226. The SMILES string of the molecule is O=C(O[C@H]1O[C@H](COP(=O)(O)O)[C@@H](O)[C@H]1O)c1cccnc1.[K+]. The smallest absolute Gasteiger partial charge is 0.429 e. The minimum absolute atomic E-state index is 0. The molecule has 4 atom stereocenters. The molecule has 10 nitrogen and oxygen atoms in total. The maximum atomic E-state index is 11.8. The first kappa shape index (κ1) is 21.3. The molecule has 2 heterocycles. The maximum absolute atomic E-state index is 11.8. The van der Waals surface area contributed by atoms with Crippen LogP contribution in [0.3, 0.4) is 0 Å². The van der Waals surface area contributed by atoms with E-state index in [9.17, 15) is 19.6 Å². The van der Waals surface area contributed by atoms with Crippen molar-refractivity contribution in [2.24, 2.45) is 0 Å². The zero-order valence-electron chi connectivity index (χ0n) is 12.1. The summed E-state index contributed by atoms with van der Waals surface area (Å²) in [6, 6.07) is 2.94. The van der Waals surface area contributed by atoms with Crippen LogP contribution in [0.4, 0.5) is 0 Å². The monoisotopic (exact) mass is 374 g/mol. The summed E-state index contributed by atoms with van der Waals surface area (Å²) in [6.07, 6.45) is -3.16. The van der Waals surface area contributed by atoms with E-state index >= 15 is 0 Å². The Balaban J connectivity index is 0.00000264. The number of aliphatic hydroxyl groups is 2. The second-order valence-electron chi connectivity index (χ2n) is 4.46. The number of hydrogen-bond acceptors (Lipinski definition) is 8. The van der Waals surface area contributed by atoms with Crippen LogP contribution in [-0.2, 0) is 18.6 Å². The fourth-order valence-corrected chi connectivity index (χ4v) is 2.12. The molecule has 2 rings (SSSR count). The molecule has 0 spiro atoms. The minimum Gasteiger partial charge on any atom is -0.429 e. The second-order valence-corrected chi connectivity index (χ2v) is 5.70. The van der Waals surface area contributed by atoms with E-state index < -0.39 is 45.0 Å². The van der Waals surface area contributed by atoms with Gasteiger partial charge in [-0.2, -0.15) is 0 Å². The average Bonchev–Trinajstić information content (AvgIpc) is 2.73. The molecular weight excluding hydrogens is 360 g/mol. The molecule has 0 radical (unpaired) electrons. The molecule has 0 saturated carbocycles. The molecule has 4 N–H and O–H groups in total. The average molecular weight is 374 g/mol. The minimum atomic E-state index is -4.75. The van der Waals surface area contributed by atoms with Crippen LogP contribution < -0.4 is 51.4 Å². The summed E-state index contributed by atoms with van der Waals surface area (Å²) in [5.74, 6) is -0.832. The Morgan fingerprint density at radius 2 is 2.04 bits per heavy atom. The molecule has 1 aromatic heterocycles. The number of aromatic nitrogens is 1. The fraction of sp³-hybridized carbons (Fsp3) is 0.455. The van der Waals surface area contributed by atoms with Crippen molar-refractivity contribution in [3.8, 4) is 0 Å². The summed E-state index contributed by atoms with van der Waals surface area (Å²) >= 11 is 0. The summed E-state index contributed by atoms with van der Waals surface area (Å²) in [5, 5.41) is 19.4. The van der Waals surface area contributed by atoms with Gasteiger partial charge in [0.05, 0.1) is 12.2 Å². The molecule has 23 heavy (non-hydrogen) atoms. The van der Waals surface area contributed by atoms with Gasteiger partial charge >= 0.3 is 65.2 Å². The predicted molar refractivity (Wildman–Crippen MR) is 68.3 cm³/mol. The third-order valence-corrected chi connectivity index (χ3v) is 3.33. The normalized spacial score (nSPS) is 27.3. The van der Waals surface area contributed by atoms with Gasteiger partial charge in [-0.15, -0.1) is 0 Å². The molecule has 1 aliphatic rings. The van der Waals surface area contributed by atoms with Crippen LogP contribution in [0.5, 0.6) is 0 Å². The van der Waals surface area contributed by atoms with Gasteiger partial charge in [0, 0.05) is 12.4 Å².